The fraction of sp³-hybridized carbons (Fsp3) is 0.429. The van der Waals surface area contributed by atoms with Gasteiger partial charge in [-0.1, -0.05) is 108 Å². The lowest BCUT2D eigenvalue weighted by atomic mass is 9.94. The van der Waals surface area contributed by atoms with Gasteiger partial charge in [0.2, 0.25) is 11.7 Å². The summed E-state index contributed by atoms with van der Waals surface area (Å²) in [4.78, 5) is 3.99. The van der Waals surface area contributed by atoms with Gasteiger partial charge in [-0.15, -0.1) is 0 Å². The van der Waals surface area contributed by atoms with E-state index >= 15 is 0 Å². The van der Waals surface area contributed by atoms with Crippen LogP contribution in [0.2, 0.25) is 0 Å². The third kappa shape index (κ3) is 11.5. The molecule has 4 aromatic rings. The zero-order valence-electron chi connectivity index (χ0n) is 26.4. The van der Waals surface area contributed by atoms with E-state index in [4.69, 9.17) is 4.52 Å². The van der Waals surface area contributed by atoms with Crippen molar-refractivity contribution in [1.29, 1.82) is 0 Å². The van der Waals surface area contributed by atoms with Crippen LogP contribution in [0.5, 0.6) is 0 Å². The van der Waals surface area contributed by atoms with E-state index in [9.17, 15) is 26.3 Å². The summed E-state index contributed by atoms with van der Waals surface area (Å²) in [5.41, 5.74) is 0.583. The third-order valence-corrected chi connectivity index (χ3v) is 6.43. The molecule has 240 valence electrons. The first-order valence-corrected chi connectivity index (χ1v) is 14.8. The summed E-state index contributed by atoms with van der Waals surface area (Å²) in [6.07, 6.45) is -6.05. The summed E-state index contributed by atoms with van der Waals surface area (Å²) >= 11 is 0. The highest BCUT2D eigenvalue weighted by Gasteiger charge is 2.37. The Balaban J connectivity index is 0.000000330. The zero-order chi connectivity index (χ0) is 33.1. The number of unbranched alkanes of at least 4 members (excludes halogenated alkanes) is 1. The molecular formula is C35H42F6N2O. The SMILES string of the molecule is CC(C)C.CC(c1ccccc1)c1nc(-c2cc(C(F)(F)F)cc(C(F)(F)F)c2)no1.CCCCc1ccccc1C(C)C. The van der Waals surface area contributed by atoms with Crippen LogP contribution in [0.3, 0.4) is 0 Å². The van der Waals surface area contributed by atoms with Crippen molar-refractivity contribution in [1.82, 2.24) is 10.1 Å². The van der Waals surface area contributed by atoms with Crippen molar-refractivity contribution in [3.05, 3.63) is 107 Å². The van der Waals surface area contributed by atoms with Gasteiger partial charge >= 0.3 is 12.4 Å². The molecule has 0 fully saturated rings. The van der Waals surface area contributed by atoms with Gasteiger partial charge in [0.05, 0.1) is 17.0 Å². The third-order valence-electron chi connectivity index (χ3n) is 6.43. The minimum absolute atomic E-state index is 0.0527. The number of benzene rings is 3. The fourth-order valence-corrected chi connectivity index (χ4v) is 4.19. The van der Waals surface area contributed by atoms with Crippen LogP contribution in [0, 0.1) is 5.92 Å². The molecule has 0 spiro atoms. The lowest BCUT2D eigenvalue weighted by Crippen LogP contribution is -2.11. The van der Waals surface area contributed by atoms with E-state index in [0.717, 1.165) is 11.5 Å². The quantitative estimate of drug-likeness (QED) is 0.193. The highest BCUT2D eigenvalue weighted by atomic mass is 19.4. The molecule has 0 aliphatic rings. The van der Waals surface area contributed by atoms with Crippen molar-refractivity contribution in [3.63, 3.8) is 0 Å². The number of nitrogens with zero attached hydrogens (tertiary/aromatic N) is 2. The Kier molecular flexibility index (Phi) is 13.7. The van der Waals surface area contributed by atoms with Gasteiger partial charge in [-0.3, -0.25) is 0 Å². The molecule has 0 bridgehead atoms. The molecule has 0 saturated heterocycles. The van der Waals surface area contributed by atoms with E-state index in [1.165, 1.54) is 24.8 Å². The fourth-order valence-electron chi connectivity index (χ4n) is 4.19. The molecule has 0 N–H and O–H groups in total. The van der Waals surface area contributed by atoms with E-state index in [1.54, 1.807) is 42.8 Å². The molecule has 1 atom stereocenters. The average Bonchev–Trinajstić information content (AvgIpc) is 3.46. The van der Waals surface area contributed by atoms with Crippen LogP contribution in [-0.2, 0) is 18.8 Å². The standard InChI is InChI=1S/C18H12F6N2O.C13H20.C4H10/c1-10(11-5-3-2-4-6-11)16-25-15(26-27-16)12-7-13(17(19,20)21)9-14(8-12)18(22,23)24;1-4-5-8-12-9-6-7-10-13(12)11(2)3;1-4(2)3/h2-10H,1H3;6-7,9-11H,4-5,8H2,1-3H3;4H,1-3H3. The second-order valence-electron chi connectivity index (χ2n) is 11.6. The predicted octanol–water partition coefficient (Wildman–Crippen LogP) is 11.7. The number of halogens is 6. The van der Waals surface area contributed by atoms with E-state index in [-0.39, 0.29) is 23.7 Å². The van der Waals surface area contributed by atoms with E-state index in [1.807, 2.05) is 0 Å². The average molecular weight is 621 g/mol. The van der Waals surface area contributed by atoms with Crippen LogP contribution >= 0.6 is 0 Å². The molecule has 1 heterocycles. The summed E-state index contributed by atoms with van der Waals surface area (Å²) in [7, 11) is 0. The minimum atomic E-state index is -4.94. The molecule has 0 aliphatic carbocycles. The number of hydrogen-bond donors (Lipinski definition) is 0. The van der Waals surface area contributed by atoms with Crippen LogP contribution in [0.25, 0.3) is 11.4 Å². The maximum absolute atomic E-state index is 13.0. The number of rotatable bonds is 7. The molecule has 0 amide bonds. The highest BCUT2D eigenvalue weighted by molar-refractivity contribution is 5.58. The van der Waals surface area contributed by atoms with Crippen molar-refractivity contribution in [3.8, 4) is 11.4 Å². The lowest BCUT2D eigenvalue weighted by molar-refractivity contribution is -0.143. The maximum Gasteiger partial charge on any atom is 0.416 e. The van der Waals surface area contributed by atoms with E-state index < -0.39 is 29.0 Å². The molecule has 0 saturated carbocycles. The number of aromatic nitrogens is 2. The Morgan fingerprint density at radius 1 is 0.727 bits per heavy atom. The summed E-state index contributed by atoms with van der Waals surface area (Å²) in [6.45, 7) is 15.0. The van der Waals surface area contributed by atoms with Gasteiger partial charge in [0.15, 0.2) is 0 Å². The van der Waals surface area contributed by atoms with Crippen LogP contribution in [-0.4, -0.2) is 10.1 Å². The Hall–Kier alpha value is -3.62. The Morgan fingerprint density at radius 2 is 1.25 bits per heavy atom. The second kappa shape index (κ2) is 16.5. The molecule has 4 rings (SSSR count). The van der Waals surface area contributed by atoms with Crippen molar-refractivity contribution >= 4 is 0 Å². The first-order chi connectivity index (χ1) is 20.5. The molecule has 0 aliphatic heterocycles. The summed E-state index contributed by atoms with van der Waals surface area (Å²) in [5, 5.41) is 3.56. The van der Waals surface area contributed by atoms with Crippen LogP contribution in [0.1, 0.15) is 107 Å². The molecule has 3 nitrogen and oxygen atoms in total. The molecular weight excluding hydrogens is 578 g/mol. The molecule has 9 heteroatoms. The van der Waals surface area contributed by atoms with Crippen LogP contribution in [0.4, 0.5) is 26.3 Å². The van der Waals surface area contributed by atoms with Crippen molar-refractivity contribution in [2.24, 2.45) is 5.92 Å². The second-order valence-corrected chi connectivity index (χ2v) is 11.6. The Bertz CT molecular complexity index is 1370. The summed E-state index contributed by atoms with van der Waals surface area (Å²) in [6, 6.07) is 19.0. The van der Waals surface area contributed by atoms with Gasteiger partial charge in [-0.05, 0) is 66.5 Å². The van der Waals surface area contributed by atoms with Crippen LogP contribution < -0.4 is 0 Å². The predicted molar refractivity (Wildman–Crippen MR) is 163 cm³/mol. The van der Waals surface area contributed by atoms with E-state index in [0.29, 0.717) is 18.1 Å². The lowest BCUT2D eigenvalue weighted by Gasteiger charge is -2.12. The van der Waals surface area contributed by atoms with Gasteiger partial charge in [0, 0.05) is 5.56 Å². The molecule has 1 unspecified atom stereocenters. The normalized spacial score (nSPS) is 12.3. The maximum atomic E-state index is 13.0. The number of aryl methyl sites for hydroxylation is 1. The van der Waals surface area contributed by atoms with Gasteiger partial charge < -0.3 is 4.52 Å². The zero-order valence-corrected chi connectivity index (χ0v) is 26.4. The van der Waals surface area contributed by atoms with Gasteiger partial charge in [0.1, 0.15) is 0 Å². The highest BCUT2D eigenvalue weighted by Crippen LogP contribution is 2.38. The van der Waals surface area contributed by atoms with E-state index in [2.05, 4.69) is 75.9 Å². The minimum Gasteiger partial charge on any atom is -0.338 e. The number of alkyl halides is 6. The molecule has 44 heavy (non-hydrogen) atoms. The van der Waals surface area contributed by atoms with Crippen molar-refractivity contribution in [2.45, 2.75) is 91.9 Å². The summed E-state index contributed by atoms with van der Waals surface area (Å²) in [5.74, 6) is 0.861. The summed E-state index contributed by atoms with van der Waals surface area (Å²) < 4.78 is 82.9. The molecule has 0 radical (unpaired) electrons. The topological polar surface area (TPSA) is 38.9 Å². The largest absolute Gasteiger partial charge is 0.416 e. The molecule has 1 aromatic heterocycles. The van der Waals surface area contributed by atoms with Gasteiger partial charge in [0.25, 0.3) is 0 Å². The number of hydrogen-bond acceptors (Lipinski definition) is 3. The molecule has 3 aromatic carbocycles. The Morgan fingerprint density at radius 3 is 1.75 bits per heavy atom. The van der Waals surface area contributed by atoms with Crippen molar-refractivity contribution < 1.29 is 30.9 Å². The first-order valence-electron chi connectivity index (χ1n) is 14.8. The van der Waals surface area contributed by atoms with Crippen molar-refractivity contribution in [2.75, 3.05) is 0 Å². The first kappa shape index (κ1) is 36.6. The monoisotopic (exact) mass is 620 g/mol. The van der Waals surface area contributed by atoms with Gasteiger partial charge in [-0.25, -0.2) is 0 Å². The van der Waals surface area contributed by atoms with Gasteiger partial charge in [-0.2, -0.15) is 31.3 Å². The Labute approximate surface area is 256 Å². The van der Waals surface area contributed by atoms with Crippen LogP contribution in [0.15, 0.2) is 77.3 Å². The smallest absolute Gasteiger partial charge is 0.338 e.